The van der Waals surface area contributed by atoms with E-state index >= 15 is 0 Å². The number of carbonyl (C=O) groups is 1. The highest BCUT2D eigenvalue weighted by atomic mass is 19.1. The molecule has 2 aromatic rings. The van der Waals surface area contributed by atoms with Crippen molar-refractivity contribution in [3.8, 4) is 0 Å². The maximum Gasteiger partial charge on any atom is 0.397 e. The average molecular weight is 268 g/mol. The molecule has 0 atom stereocenters. The van der Waals surface area contributed by atoms with Crippen LogP contribution in [0.2, 0.25) is 0 Å². The number of halogens is 2. The average Bonchev–Trinajstić information content (AvgIpc) is 2.82. The van der Waals surface area contributed by atoms with Gasteiger partial charge < -0.3 is 9.26 Å². The Kier molecular flexibility index (Phi) is 3.84. The van der Waals surface area contributed by atoms with Crippen LogP contribution in [0.1, 0.15) is 29.0 Å². The van der Waals surface area contributed by atoms with E-state index in [2.05, 4.69) is 19.4 Å². The van der Waals surface area contributed by atoms with Gasteiger partial charge in [0.05, 0.1) is 6.61 Å². The van der Waals surface area contributed by atoms with Crippen molar-refractivity contribution in [1.82, 2.24) is 10.1 Å². The van der Waals surface area contributed by atoms with Crippen LogP contribution < -0.4 is 0 Å². The predicted molar refractivity (Wildman–Crippen MR) is 59.4 cm³/mol. The Morgan fingerprint density at radius 3 is 2.89 bits per heavy atom. The Labute approximate surface area is 107 Å². The zero-order valence-electron chi connectivity index (χ0n) is 10.0. The molecule has 100 valence electrons. The molecule has 5 nitrogen and oxygen atoms in total. The Hall–Kier alpha value is -2.31. The molecule has 0 unspecified atom stereocenters. The van der Waals surface area contributed by atoms with E-state index < -0.39 is 17.6 Å². The summed E-state index contributed by atoms with van der Waals surface area (Å²) < 4.78 is 35.5. The molecule has 0 aliphatic carbocycles. The Balaban J connectivity index is 2.13. The first-order valence-electron chi connectivity index (χ1n) is 5.53. The summed E-state index contributed by atoms with van der Waals surface area (Å²) >= 11 is 0. The predicted octanol–water partition coefficient (Wildman–Crippen LogP) is 2.12. The van der Waals surface area contributed by atoms with Crippen molar-refractivity contribution in [3.63, 3.8) is 0 Å². The van der Waals surface area contributed by atoms with E-state index in [1.807, 2.05) is 0 Å². The first-order valence-corrected chi connectivity index (χ1v) is 5.53. The maximum absolute atomic E-state index is 13.4. The molecule has 0 fully saturated rings. The van der Waals surface area contributed by atoms with Gasteiger partial charge in [-0.1, -0.05) is 11.2 Å². The number of aromatic nitrogens is 2. The zero-order valence-corrected chi connectivity index (χ0v) is 10.0. The van der Waals surface area contributed by atoms with Gasteiger partial charge >= 0.3 is 11.9 Å². The Morgan fingerprint density at radius 2 is 2.21 bits per heavy atom. The molecule has 0 bridgehead atoms. The minimum atomic E-state index is -0.735. The molecule has 1 aromatic carbocycles. The molecular formula is C12H10F2N2O3. The number of carbonyl (C=O) groups excluding carboxylic acids is 1. The lowest BCUT2D eigenvalue weighted by Crippen LogP contribution is -2.05. The van der Waals surface area contributed by atoms with E-state index in [1.54, 1.807) is 6.92 Å². The van der Waals surface area contributed by atoms with E-state index in [9.17, 15) is 13.6 Å². The first kappa shape index (κ1) is 13.1. The molecule has 0 saturated carbocycles. The standard InChI is InChI=1S/C12H10F2N2O3/c1-2-18-12(17)11-15-10(16-19-11)5-7-3-4-8(13)6-9(7)14/h3-4,6H,2,5H2,1H3. The van der Waals surface area contributed by atoms with Crippen LogP contribution in [0.15, 0.2) is 22.7 Å². The second-order valence-corrected chi connectivity index (χ2v) is 3.65. The fourth-order valence-electron chi connectivity index (χ4n) is 1.44. The van der Waals surface area contributed by atoms with Gasteiger partial charge in [-0.05, 0) is 18.6 Å². The van der Waals surface area contributed by atoms with Crippen molar-refractivity contribution in [2.24, 2.45) is 0 Å². The summed E-state index contributed by atoms with van der Waals surface area (Å²) in [7, 11) is 0. The SMILES string of the molecule is CCOC(=O)c1nc(Cc2ccc(F)cc2F)no1. The van der Waals surface area contributed by atoms with Crippen molar-refractivity contribution in [2.45, 2.75) is 13.3 Å². The van der Waals surface area contributed by atoms with E-state index in [1.165, 1.54) is 6.07 Å². The molecular weight excluding hydrogens is 258 g/mol. The third-order valence-corrected chi connectivity index (χ3v) is 2.28. The van der Waals surface area contributed by atoms with Crippen LogP contribution in [0, 0.1) is 11.6 Å². The lowest BCUT2D eigenvalue weighted by molar-refractivity contribution is 0.0470. The third kappa shape index (κ3) is 3.12. The van der Waals surface area contributed by atoms with Crippen molar-refractivity contribution >= 4 is 5.97 Å². The number of hydrogen-bond acceptors (Lipinski definition) is 5. The van der Waals surface area contributed by atoms with Gasteiger partial charge in [-0.3, -0.25) is 0 Å². The van der Waals surface area contributed by atoms with E-state index in [0.717, 1.165) is 12.1 Å². The number of hydrogen-bond donors (Lipinski definition) is 0. The van der Waals surface area contributed by atoms with Crippen molar-refractivity contribution in [2.75, 3.05) is 6.61 Å². The minimum absolute atomic E-state index is 0.00494. The fourth-order valence-corrected chi connectivity index (χ4v) is 1.44. The number of ether oxygens (including phenoxy) is 1. The Bertz CT molecular complexity index is 598. The van der Waals surface area contributed by atoms with Crippen LogP contribution >= 0.6 is 0 Å². The van der Waals surface area contributed by atoms with Crippen LogP contribution in [-0.4, -0.2) is 22.7 Å². The highest BCUT2D eigenvalue weighted by Gasteiger charge is 2.17. The highest BCUT2D eigenvalue weighted by Crippen LogP contribution is 2.13. The number of benzene rings is 1. The van der Waals surface area contributed by atoms with Gasteiger partial charge in [0.15, 0.2) is 5.82 Å². The van der Waals surface area contributed by atoms with Crippen molar-refractivity contribution < 1.29 is 22.8 Å². The third-order valence-electron chi connectivity index (χ3n) is 2.28. The van der Waals surface area contributed by atoms with E-state index in [-0.39, 0.29) is 30.3 Å². The number of esters is 1. The summed E-state index contributed by atoms with van der Waals surface area (Å²) in [5.41, 5.74) is 0.206. The van der Waals surface area contributed by atoms with E-state index in [0.29, 0.717) is 0 Å². The molecule has 1 aromatic heterocycles. The molecule has 0 saturated heterocycles. The van der Waals surface area contributed by atoms with Gasteiger partial charge in [0.25, 0.3) is 0 Å². The molecule has 0 radical (unpaired) electrons. The van der Waals surface area contributed by atoms with E-state index in [4.69, 9.17) is 0 Å². The Morgan fingerprint density at radius 1 is 1.42 bits per heavy atom. The summed E-state index contributed by atoms with van der Waals surface area (Å²) in [6.45, 7) is 1.83. The zero-order chi connectivity index (χ0) is 13.8. The largest absolute Gasteiger partial charge is 0.459 e. The monoisotopic (exact) mass is 268 g/mol. The van der Waals surface area contributed by atoms with Crippen LogP contribution in [0.4, 0.5) is 8.78 Å². The molecule has 0 aliphatic heterocycles. The molecule has 0 amide bonds. The van der Waals surface area contributed by atoms with Crippen LogP contribution in [0.25, 0.3) is 0 Å². The van der Waals surface area contributed by atoms with Crippen LogP contribution in [0.5, 0.6) is 0 Å². The van der Waals surface area contributed by atoms with Crippen LogP contribution in [-0.2, 0) is 11.2 Å². The molecule has 1 heterocycles. The first-order chi connectivity index (χ1) is 9.10. The summed E-state index contributed by atoms with van der Waals surface area (Å²) in [5.74, 6) is -2.28. The molecule has 7 heteroatoms. The van der Waals surface area contributed by atoms with Gasteiger partial charge in [0, 0.05) is 12.5 Å². The molecule has 0 aliphatic rings. The van der Waals surface area contributed by atoms with Gasteiger partial charge in [0.2, 0.25) is 0 Å². The number of rotatable bonds is 4. The molecule has 0 N–H and O–H groups in total. The van der Waals surface area contributed by atoms with Gasteiger partial charge in [0.1, 0.15) is 11.6 Å². The quantitative estimate of drug-likeness (QED) is 0.794. The topological polar surface area (TPSA) is 65.2 Å². The molecule has 2 rings (SSSR count). The summed E-state index contributed by atoms with van der Waals surface area (Å²) in [5, 5.41) is 3.53. The van der Waals surface area contributed by atoms with Gasteiger partial charge in [-0.25, -0.2) is 13.6 Å². The smallest absolute Gasteiger partial charge is 0.397 e. The number of nitrogens with zero attached hydrogens (tertiary/aromatic N) is 2. The summed E-state index contributed by atoms with van der Waals surface area (Å²) in [4.78, 5) is 15.1. The lowest BCUT2D eigenvalue weighted by atomic mass is 10.1. The highest BCUT2D eigenvalue weighted by molar-refractivity contribution is 5.83. The fraction of sp³-hybridized carbons (Fsp3) is 0.250. The second kappa shape index (κ2) is 5.55. The van der Waals surface area contributed by atoms with Crippen molar-refractivity contribution in [1.29, 1.82) is 0 Å². The van der Waals surface area contributed by atoms with Crippen molar-refractivity contribution in [3.05, 3.63) is 47.1 Å². The molecule has 19 heavy (non-hydrogen) atoms. The molecule has 0 spiro atoms. The lowest BCUT2D eigenvalue weighted by Gasteiger charge is -1.99. The maximum atomic E-state index is 13.4. The van der Waals surface area contributed by atoms with Gasteiger partial charge in [-0.15, -0.1) is 0 Å². The normalized spacial score (nSPS) is 10.5. The van der Waals surface area contributed by atoms with Crippen LogP contribution in [0.3, 0.4) is 0 Å². The van der Waals surface area contributed by atoms with Gasteiger partial charge in [-0.2, -0.15) is 4.98 Å². The summed E-state index contributed by atoms with van der Waals surface area (Å²) in [6, 6.07) is 3.18. The minimum Gasteiger partial charge on any atom is -0.459 e. The second-order valence-electron chi connectivity index (χ2n) is 3.65. The summed E-state index contributed by atoms with van der Waals surface area (Å²) in [6.07, 6.45) is -0.00494.